The molecule has 0 unspecified atom stereocenters. The van der Waals surface area contributed by atoms with E-state index in [0.29, 0.717) is 28.3 Å². The lowest BCUT2D eigenvalue weighted by Crippen LogP contribution is -2.07. The van der Waals surface area contributed by atoms with Crippen molar-refractivity contribution in [1.82, 2.24) is 0 Å². The van der Waals surface area contributed by atoms with E-state index < -0.39 is 0 Å². The molecule has 74 valence electrons. The number of thiophene rings is 1. The number of hydrogen-bond acceptors (Lipinski definition) is 4. The van der Waals surface area contributed by atoms with Gasteiger partial charge in [-0.25, -0.2) is 0 Å². The molecule has 5 heteroatoms. The topological polar surface area (TPSA) is 38.7 Å². The van der Waals surface area contributed by atoms with Crippen LogP contribution in [0.5, 0.6) is 0 Å². The number of aliphatic imine (C=N–C) groups is 1. The molecular weight excluding hydrogens is 222 g/mol. The number of Topliss-reactive ketones (excluding diaryl/α,β-unsaturated/α-hetero) is 1. The average Bonchev–Trinajstić information content (AvgIpc) is 2.75. The summed E-state index contributed by atoms with van der Waals surface area (Å²) in [6.45, 7) is 1.25. The summed E-state index contributed by atoms with van der Waals surface area (Å²) in [5, 5.41) is 0. The lowest BCUT2D eigenvalue weighted by molar-refractivity contribution is 0.0998. The van der Waals surface area contributed by atoms with Gasteiger partial charge in [0.2, 0.25) is 0 Å². The van der Waals surface area contributed by atoms with Gasteiger partial charge in [0.15, 0.2) is 11.7 Å². The molecular formula is C9H8ClNO2S. The van der Waals surface area contributed by atoms with E-state index >= 15 is 0 Å². The average molecular weight is 230 g/mol. The van der Waals surface area contributed by atoms with Gasteiger partial charge in [0.25, 0.3) is 0 Å². The summed E-state index contributed by atoms with van der Waals surface area (Å²) in [5.74, 6) is 0.557. The second-order valence-electron chi connectivity index (χ2n) is 2.83. The third-order valence-corrected chi connectivity index (χ3v) is 3.08. The first kappa shape index (κ1) is 9.68. The van der Waals surface area contributed by atoms with Crippen molar-refractivity contribution in [3.8, 4) is 0 Å². The van der Waals surface area contributed by atoms with Gasteiger partial charge in [-0.3, -0.25) is 9.79 Å². The van der Waals surface area contributed by atoms with Gasteiger partial charge < -0.3 is 4.74 Å². The minimum atomic E-state index is 0.0163. The van der Waals surface area contributed by atoms with Crippen LogP contribution >= 0.6 is 22.9 Å². The van der Waals surface area contributed by atoms with Crippen molar-refractivity contribution >= 4 is 34.6 Å². The Morgan fingerprint density at radius 1 is 1.64 bits per heavy atom. The number of carbonyl (C=O) groups excluding carboxylic acids is 1. The van der Waals surface area contributed by atoms with Crippen molar-refractivity contribution in [1.29, 1.82) is 0 Å². The molecule has 0 radical (unpaired) electrons. The zero-order chi connectivity index (χ0) is 9.97. The molecule has 2 heterocycles. The fourth-order valence-corrected chi connectivity index (χ4v) is 2.16. The Kier molecular flexibility index (Phi) is 2.84. The molecule has 0 aromatic carbocycles. The van der Waals surface area contributed by atoms with Crippen LogP contribution < -0.4 is 0 Å². The van der Waals surface area contributed by atoms with Crippen LogP contribution in [0.15, 0.2) is 17.1 Å². The van der Waals surface area contributed by atoms with Crippen LogP contribution in [0.25, 0.3) is 0 Å². The Morgan fingerprint density at radius 2 is 2.50 bits per heavy atom. The summed E-state index contributed by atoms with van der Waals surface area (Å²) >= 11 is 7.01. The van der Waals surface area contributed by atoms with Crippen molar-refractivity contribution in [2.45, 2.75) is 6.42 Å². The third-order valence-electron chi connectivity index (χ3n) is 1.81. The van der Waals surface area contributed by atoms with Crippen LogP contribution in [0.4, 0.5) is 0 Å². The maximum absolute atomic E-state index is 11.6. The van der Waals surface area contributed by atoms with Crippen LogP contribution in [-0.4, -0.2) is 24.8 Å². The lowest BCUT2D eigenvalue weighted by atomic mass is 10.2. The van der Waals surface area contributed by atoms with Crippen LogP contribution in [0.3, 0.4) is 0 Å². The minimum absolute atomic E-state index is 0.0163. The van der Waals surface area contributed by atoms with Crippen LogP contribution in [0.1, 0.15) is 16.1 Å². The van der Waals surface area contributed by atoms with E-state index in [1.165, 1.54) is 11.3 Å². The fraction of sp³-hybridized carbons (Fsp3) is 0.333. The highest BCUT2D eigenvalue weighted by molar-refractivity contribution is 7.18. The summed E-state index contributed by atoms with van der Waals surface area (Å²) in [7, 11) is 0. The molecule has 14 heavy (non-hydrogen) atoms. The molecule has 0 amide bonds. The Balaban J connectivity index is 2.02. The number of carbonyl (C=O) groups is 1. The van der Waals surface area contributed by atoms with Gasteiger partial charge in [0.05, 0.1) is 22.2 Å². The number of nitrogens with zero attached hydrogens (tertiary/aromatic N) is 1. The zero-order valence-corrected chi connectivity index (χ0v) is 8.90. The first-order valence-electron chi connectivity index (χ1n) is 4.20. The van der Waals surface area contributed by atoms with E-state index in [2.05, 4.69) is 4.99 Å². The Hall–Kier alpha value is -0.870. The molecule has 0 aliphatic carbocycles. The van der Waals surface area contributed by atoms with Gasteiger partial charge in [-0.2, -0.15) is 0 Å². The molecule has 1 aliphatic heterocycles. The number of halogens is 1. The highest BCUT2D eigenvalue weighted by Crippen LogP contribution is 2.22. The summed E-state index contributed by atoms with van der Waals surface area (Å²) in [4.78, 5) is 16.3. The first-order chi connectivity index (χ1) is 6.75. The first-order valence-corrected chi connectivity index (χ1v) is 5.40. The summed E-state index contributed by atoms with van der Waals surface area (Å²) in [6.07, 6.45) is 0.247. The van der Waals surface area contributed by atoms with Gasteiger partial charge in [0, 0.05) is 0 Å². The molecule has 2 rings (SSSR count). The van der Waals surface area contributed by atoms with Gasteiger partial charge in [-0.1, -0.05) is 11.6 Å². The van der Waals surface area contributed by atoms with Crippen LogP contribution in [0.2, 0.25) is 4.34 Å². The van der Waals surface area contributed by atoms with E-state index in [-0.39, 0.29) is 12.2 Å². The molecule has 0 bridgehead atoms. The Morgan fingerprint density at radius 3 is 3.07 bits per heavy atom. The SMILES string of the molecule is O=C(CC1=NCCO1)c1ccc(Cl)s1. The zero-order valence-electron chi connectivity index (χ0n) is 7.33. The van der Waals surface area contributed by atoms with Crippen molar-refractivity contribution in [2.24, 2.45) is 4.99 Å². The second-order valence-corrected chi connectivity index (χ2v) is 4.54. The summed E-state index contributed by atoms with van der Waals surface area (Å²) in [5.41, 5.74) is 0. The smallest absolute Gasteiger partial charge is 0.191 e. The van der Waals surface area contributed by atoms with E-state index in [9.17, 15) is 4.79 Å². The van der Waals surface area contributed by atoms with Crippen molar-refractivity contribution in [3.05, 3.63) is 21.3 Å². The lowest BCUT2D eigenvalue weighted by Gasteiger charge is -1.98. The molecule has 0 atom stereocenters. The maximum Gasteiger partial charge on any atom is 0.191 e. The predicted molar refractivity (Wildman–Crippen MR) is 56.5 cm³/mol. The largest absolute Gasteiger partial charge is 0.479 e. The molecule has 1 aliphatic rings. The highest BCUT2D eigenvalue weighted by Gasteiger charge is 2.15. The number of rotatable bonds is 3. The predicted octanol–water partition coefficient (Wildman–Crippen LogP) is 2.40. The highest BCUT2D eigenvalue weighted by atomic mass is 35.5. The molecule has 1 aromatic heterocycles. The molecule has 1 aromatic rings. The molecule has 0 saturated heterocycles. The van der Waals surface area contributed by atoms with Crippen molar-refractivity contribution in [2.75, 3.05) is 13.2 Å². The number of hydrogen-bond donors (Lipinski definition) is 0. The number of ether oxygens (including phenoxy) is 1. The number of ketones is 1. The van der Waals surface area contributed by atoms with Crippen molar-refractivity contribution < 1.29 is 9.53 Å². The summed E-state index contributed by atoms with van der Waals surface area (Å²) < 4.78 is 5.78. The van der Waals surface area contributed by atoms with Gasteiger partial charge in [0.1, 0.15) is 6.61 Å². The minimum Gasteiger partial charge on any atom is -0.479 e. The van der Waals surface area contributed by atoms with E-state index in [0.717, 1.165) is 0 Å². The molecule has 0 saturated carbocycles. The fourth-order valence-electron chi connectivity index (χ4n) is 1.17. The molecule has 0 N–H and O–H groups in total. The van der Waals surface area contributed by atoms with E-state index in [1.807, 2.05) is 0 Å². The quantitative estimate of drug-likeness (QED) is 0.747. The van der Waals surface area contributed by atoms with Crippen LogP contribution in [-0.2, 0) is 4.74 Å². The monoisotopic (exact) mass is 229 g/mol. The molecule has 0 spiro atoms. The normalized spacial score (nSPS) is 15.1. The third kappa shape index (κ3) is 2.13. The van der Waals surface area contributed by atoms with Gasteiger partial charge in [-0.15, -0.1) is 11.3 Å². The van der Waals surface area contributed by atoms with E-state index in [4.69, 9.17) is 16.3 Å². The second kappa shape index (κ2) is 4.11. The molecule has 0 fully saturated rings. The summed E-state index contributed by atoms with van der Waals surface area (Å²) in [6, 6.07) is 3.45. The Bertz CT molecular complexity index is 386. The van der Waals surface area contributed by atoms with Gasteiger partial charge >= 0.3 is 0 Å². The molecule has 3 nitrogen and oxygen atoms in total. The van der Waals surface area contributed by atoms with Crippen molar-refractivity contribution in [3.63, 3.8) is 0 Å². The van der Waals surface area contributed by atoms with Crippen LogP contribution in [0, 0.1) is 0 Å². The van der Waals surface area contributed by atoms with Gasteiger partial charge in [-0.05, 0) is 12.1 Å². The Labute approximate surface area is 90.4 Å². The maximum atomic E-state index is 11.6. The van der Waals surface area contributed by atoms with E-state index in [1.54, 1.807) is 12.1 Å². The standard InChI is InChI=1S/C9H8ClNO2S/c10-8-2-1-7(14-8)6(12)5-9-11-3-4-13-9/h1-2H,3-5H2.